The third-order valence-corrected chi connectivity index (χ3v) is 1.75. The molecule has 0 saturated heterocycles. The van der Waals surface area contributed by atoms with Gasteiger partial charge in [-0.1, -0.05) is 0 Å². The Morgan fingerprint density at radius 3 is 2.13 bits per heavy atom. The van der Waals surface area contributed by atoms with E-state index >= 15 is 0 Å². The van der Waals surface area contributed by atoms with Crippen LogP contribution >= 0.6 is 0 Å². The van der Waals surface area contributed by atoms with Gasteiger partial charge in [0.25, 0.3) is 0 Å². The van der Waals surface area contributed by atoms with E-state index in [0.717, 1.165) is 0 Å². The maximum atomic E-state index is 8.75. The molecule has 4 heteroatoms. The average Bonchev–Trinajstić information content (AvgIpc) is 2.40. The topological polar surface area (TPSA) is 80.6 Å². The number of rotatable bonds is 0. The molecule has 15 heavy (non-hydrogen) atoms. The summed E-state index contributed by atoms with van der Waals surface area (Å²) in [5, 5.41) is 25.9. The quantitative estimate of drug-likeness (QED) is 0.537. The number of hydrogen-bond acceptors (Lipinski definition) is 4. The van der Waals surface area contributed by atoms with Crippen LogP contribution in [0.3, 0.4) is 0 Å². The maximum Gasteiger partial charge on any atom is 0.172 e. The van der Waals surface area contributed by atoms with Crippen molar-refractivity contribution in [2.45, 2.75) is 5.60 Å². The van der Waals surface area contributed by atoms with E-state index in [0.29, 0.717) is 0 Å². The minimum absolute atomic E-state index is 0.182. The second kappa shape index (κ2) is 3.48. The first-order valence-corrected chi connectivity index (χ1v) is 3.70. The summed E-state index contributed by atoms with van der Waals surface area (Å²) in [4.78, 5) is 0. The fourth-order valence-corrected chi connectivity index (χ4v) is 1.01. The molecule has 68 valence electrons. The number of ether oxygens (including phenoxy) is 1. The molecule has 4 nitrogen and oxygen atoms in total. The van der Waals surface area contributed by atoms with Crippen molar-refractivity contribution >= 4 is 0 Å². The Morgan fingerprint density at radius 2 is 1.73 bits per heavy atom. The highest BCUT2D eigenvalue weighted by molar-refractivity contribution is 5.59. The van der Waals surface area contributed by atoms with Crippen LogP contribution in [0.25, 0.3) is 0 Å². The molecule has 0 N–H and O–H groups in total. The molecule has 0 spiro atoms. The van der Waals surface area contributed by atoms with E-state index in [9.17, 15) is 0 Å². The first-order chi connectivity index (χ1) is 6.97. The van der Waals surface area contributed by atoms with Gasteiger partial charge in [-0.25, -0.2) is 0 Å². The summed E-state index contributed by atoms with van der Waals surface area (Å²) in [6, 6.07) is 4.79. The van der Waals surface area contributed by atoms with E-state index in [1.54, 1.807) is 18.2 Å². The Bertz CT molecular complexity index is 473. The van der Waals surface area contributed by atoms with Crippen molar-refractivity contribution in [3.8, 4) is 18.2 Å². The molecule has 0 atom stereocenters. The van der Waals surface area contributed by atoms with Gasteiger partial charge >= 0.3 is 0 Å². The number of nitriles is 3. The largest absolute Gasteiger partial charge is 0.479 e. The lowest BCUT2D eigenvalue weighted by atomic mass is 9.97. The summed E-state index contributed by atoms with van der Waals surface area (Å²) in [5.74, 6) is -0.273. The zero-order chi connectivity index (χ0) is 11.6. The molecule has 0 bridgehead atoms. The van der Waals surface area contributed by atoms with Gasteiger partial charge in [-0.2, -0.15) is 15.8 Å². The molecule has 0 unspecified atom stereocenters. The molecule has 1 heterocycles. The summed E-state index contributed by atoms with van der Waals surface area (Å²) in [6.45, 7) is 16.2. The molecule has 0 fully saturated rings. The lowest BCUT2D eigenvalue weighted by Crippen LogP contribution is -2.21. The highest BCUT2D eigenvalue weighted by atomic mass is 16.5. The monoisotopic (exact) mass is 193 g/mol. The van der Waals surface area contributed by atoms with Crippen LogP contribution in [0.4, 0.5) is 0 Å². The van der Waals surface area contributed by atoms with Crippen LogP contribution in [0.15, 0.2) is 22.5 Å². The van der Waals surface area contributed by atoms with Crippen molar-refractivity contribution in [2.24, 2.45) is 0 Å². The summed E-state index contributed by atoms with van der Waals surface area (Å²) in [7, 11) is 0. The predicted octanol–water partition coefficient (Wildman–Crippen LogP) is 1.01. The Balaban J connectivity index is 3.47. The van der Waals surface area contributed by atoms with E-state index in [2.05, 4.69) is 0 Å². The molecule has 0 aromatic carbocycles. The third kappa shape index (κ3) is 1.56. The standard InChI is InChI=1S/C11H3N3O/c1-7-9(6-14)10(8(4-12)5-13)15-11(7,2)3/h1-3H. The van der Waals surface area contributed by atoms with Crippen molar-refractivity contribution < 1.29 is 4.74 Å². The molecule has 0 amide bonds. The lowest BCUT2D eigenvalue weighted by Gasteiger charge is -2.18. The van der Waals surface area contributed by atoms with Crippen LogP contribution < -0.4 is 0 Å². The van der Waals surface area contributed by atoms with E-state index in [4.69, 9.17) is 41.3 Å². The zero-order valence-corrected chi connectivity index (χ0v) is 7.48. The molecule has 1 rings (SSSR count). The van der Waals surface area contributed by atoms with Crippen molar-refractivity contribution in [3.05, 3.63) is 43.2 Å². The van der Waals surface area contributed by atoms with Crippen LogP contribution in [0, 0.1) is 54.8 Å². The predicted molar refractivity (Wildman–Crippen MR) is 47.6 cm³/mol. The van der Waals surface area contributed by atoms with Gasteiger partial charge in [-0.05, 0) is 5.57 Å². The highest BCUT2D eigenvalue weighted by Crippen LogP contribution is 2.37. The van der Waals surface area contributed by atoms with Gasteiger partial charge < -0.3 is 4.74 Å². The van der Waals surface area contributed by atoms with Gasteiger partial charge in [0.2, 0.25) is 0 Å². The van der Waals surface area contributed by atoms with Crippen molar-refractivity contribution in [1.29, 1.82) is 15.8 Å². The SMILES string of the molecule is [CH]C1=C(C#N)C(=C(C#N)C#N)OC1([CH])[CH]. The molecule has 0 saturated carbocycles. The second-order valence-electron chi connectivity index (χ2n) is 2.72. The van der Waals surface area contributed by atoms with Crippen LogP contribution in [0.2, 0.25) is 0 Å². The van der Waals surface area contributed by atoms with Gasteiger partial charge in [-0.3, -0.25) is 0 Å². The van der Waals surface area contributed by atoms with Crippen molar-refractivity contribution in [2.75, 3.05) is 0 Å². The summed E-state index contributed by atoms with van der Waals surface area (Å²) < 4.78 is 4.88. The minimum atomic E-state index is -1.85. The van der Waals surface area contributed by atoms with Gasteiger partial charge in [0.15, 0.2) is 11.3 Å². The Hall–Kier alpha value is -2.25. The average molecular weight is 193 g/mol. The molecule has 1 aliphatic rings. The van der Waals surface area contributed by atoms with Crippen LogP contribution in [-0.2, 0) is 4.74 Å². The van der Waals surface area contributed by atoms with Gasteiger partial charge in [0.05, 0.1) is 5.57 Å². The van der Waals surface area contributed by atoms with Crippen LogP contribution in [0.1, 0.15) is 0 Å². The van der Waals surface area contributed by atoms with E-state index in [1.807, 2.05) is 0 Å². The normalized spacial score (nSPS) is 17.5. The fraction of sp³-hybridized carbons (Fsp3) is 0.0909. The van der Waals surface area contributed by atoms with Crippen LogP contribution in [0.5, 0.6) is 0 Å². The second-order valence-corrected chi connectivity index (χ2v) is 2.72. The third-order valence-electron chi connectivity index (χ3n) is 1.75. The minimum Gasteiger partial charge on any atom is -0.479 e. The summed E-state index contributed by atoms with van der Waals surface area (Å²) >= 11 is 0. The summed E-state index contributed by atoms with van der Waals surface area (Å²) in [5.41, 5.74) is -2.63. The van der Waals surface area contributed by atoms with Gasteiger partial charge in [0.1, 0.15) is 23.8 Å². The summed E-state index contributed by atoms with van der Waals surface area (Å²) in [6.07, 6.45) is 0. The first kappa shape index (κ1) is 10.8. The molecule has 0 aliphatic carbocycles. The van der Waals surface area contributed by atoms with E-state index < -0.39 is 11.2 Å². The number of allylic oxidation sites excluding steroid dienone is 2. The Labute approximate surface area is 88.3 Å². The van der Waals surface area contributed by atoms with Crippen LogP contribution in [-0.4, -0.2) is 5.60 Å². The molecule has 1 aliphatic heterocycles. The van der Waals surface area contributed by atoms with Gasteiger partial charge in [-0.15, -0.1) is 0 Å². The number of nitrogens with zero attached hydrogens (tertiary/aromatic N) is 3. The molecule has 6 radical (unpaired) electrons. The molecule has 0 aromatic rings. The Morgan fingerprint density at radius 1 is 1.20 bits per heavy atom. The van der Waals surface area contributed by atoms with Gasteiger partial charge in [0, 0.05) is 20.8 Å². The molecular weight excluding hydrogens is 190 g/mol. The Kier molecular flexibility index (Phi) is 2.51. The smallest absolute Gasteiger partial charge is 0.172 e. The number of hydrogen-bond donors (Lipinski definition) is 0. The zero-order valence-electron chi connectivity index (χ0n) is 7.48. The lowest BCUT2D eigenvalue weighted by molar-refractivity contribution is 0.143. The first-order valence-electron chi connectivity index (χ1n) is 3.70. The fourth-order valence-electron chi connectivity index (χ4n) is 1.01. The van der Waals surface area contributed by atoms with Crippen molar-refractivity contribution in [1.82, 2.24) is 0 Å². The molecule has 0 aromatic heterocycles. The highest BCUT2D eigenvalue weighted by Gasteiger charge is 2.38. The van der Waals surface area contributed by atoms with E-state index in [-0.39, 0.29) is 16.9 Å². The van der Waals surface area contributed by atoms with Crippen molar-refractivity contribution in [3.63, 3.8) is 0 Å². The maximum absolute atomic E-state index is 8.75. The van der Waals surface area contributed by atoms with E-state index in [1.165, 1.54) is 0 Å². The molecular formula is C11H3N3O.